The Morgan fingerprint density at radius 2 is 1.50 bits per heavy atom. The summed E-state index contributed by atoms with van der Waals surface area (Å²) in [6, 6.07) is 6.21. The maximum atomic E-state index is 13.2. The van der Waals surface area contributed by atoms with Gasteiger partial charge >= 0.3 is 0 Å². The molecule has 6 N–H and O–H groups in total. The summed E-state index contributed by atoms with van der Waals surface area (Å²) in [4.78, 5) is 30.8. The van der Waals surface area contributed by atoms with Gasteiger partial charge in [0.25, 0.3) is 0 Å². The highest BCUT2D eigenvalue weighted by atomic mass is 16.5. The number of nitrogens with zero attached hydrogens (tertiary/aromatic N) is 5. The van der Waals surface area contributed by atoms with Crippen LogP contribution in [0.1, 0.15) is 73.9 Å². The zero-order valence-electron chi connectivity index (χ0n) is 37.0. The van der Waals surface area contributed by atoms with Gasteiger partial charge in [0.1, 0.15) is 31.1 Å². The van der Waals surface area contributed by atoms with Crippen molar-refractivity contribution >= 4 is 11.8 Å². The highest BCUT2D eigenvalue weighted by Gasteiger charge is 2.73. The molecule has 3 aliphatic heterocycles. The van der Waals surface area contributed by atoms with Crippen LogP contribution in [0.2, 0.25) is 0 Å². The minimum absolute atomic E-state index is 0.0340. The van der Waals surface area contributed by atoms with Crippen LogP contribution >= 0.6 is 0 Å². The summed E-state index contributed by atoms with van der Waals surface area (Å²) in [5, 5.41) is 60.8. The van der Waals surface area contributed by atoms with Crippen molar-refractivity contribution in [2.24, 2.45) is 0 Å². The lowest BCUT2D eigenvalue weighted by Gasteiger charge is -2.63. The van der Waals surface area contributed by atoms with Crippen LogP contribution in [-0.4, -0.2) is 165 Å². The van der Waals surface area contributed by atoms with Gasteiger partial charge in [-0.15, -0.1) is 5.10 Å². The first-order chi connectivity index (χ1) is 30.7. The third-order valence-corrected chi connectivity index (χ3v) is 16.2. The van der Waals surface area contributed by atoms with Gasteiger partial charge < -0.3 is 64.5 Å². The lowest BCUT2D eigenvalue weighted by molar-refractivity contribution is -0.187. The lowest BCUT2D eigenvalue weighted by atomic mass is 9.48. The number of aliphatic hydroxyl groups is 2. The van der Waals surface area contributed by atoms with Gasteiger partial charge in [0.05, 0.1) is 73.3 Å². The van der Waals surface area contributed by atoms with Crippen molar-refractivity contribution in [3.8, 4) is 23.0 Å². The Balaban J connectivity index is 0.644. The number of carbonyl (C=O) groups excluding carboxylic acids is 2. The van der Waals surface area contributed by atoms with Gasteiger partial charge in [-0.05, 0) is 102 Å². The van der Waals surface area contributed by atoms with Crippen LogP contribution in [0, 0.1) is 0 Å². The molecule has 2 amide bonds. The molecule has 7 aliphatic rings. The van der Waals surface area contributed by atoms with Crippen molar-refractivity contribution in [3.63, 3.8) is 0 Å². The maximum absolute atomic E-state index is 13.2. The fourth-order valence-corrected chi connectivity index (χ4v) is 13.1. The van der Waals surface area contributed by atoms with Gasteiger partial charge in [-0.3, -0.25) is 9.59 Å². The van der Waals surface area contributed by atoms with Crippen LogP contribution in [0.5, 0.6) is 23.0 Å². The number of hydrogen-bond acceptors (Lipinski definition) is 15. The topological polar surface area (TPSA) is 222 Å². The Labute approximate surface area is 372 Å². The van der Waals surface area contributed by atoms with E-state index in [0.717, 1.165) is 35.3 Å². The number of ether oxygens (including phenoxy) is 5. The fraction of sp³-hybridized carbons (Fsp3) is 0.652. The van der Waals surface area contributed by atoms with E-state index in [-0.39, 0.29) is 74.5 Å². The summed E-state index contributed by atoms with van der Waals surface area (Å²) < 4.78 is 31.6. The molecular weight excluding hydrogens is 827 g/mol. The van der Waals surface area contributed by atoms with Crippen molar-refractivity contribution < 1.29 is 53.7 Å². The summed E-state index contributed by atoms with van der Waals surface area (Å²) >= 11 is 0. The molecule has 1 aromatic heterocycles. The van der Waals surface area contributed by atoms with Crippen molar-refractivity contribution in [2.75, 3.05) is 60.2 Å². The number of likely N-dealkylation sites (tertiary alicyclic amines) is 1. The Morgan fingerprint density at radius 3 is 2.23 bits per heavy atom. The van der Waals surface area contributed by atoms with Crippen molar-refractivity contribution in [3.05, 3.63) is 58.4 Å². The van der Waals surface area contributed by atoms with Crippen molar-refractivity contribution in [1.82, 2.24) is 35.4 Å². The van der Waals surface area contributed by atoms with E-state index in [1.54, 1.807) is 23.0 Å². The molecule has 3 fully saturated rings. The van der Waals surface area contributed by atoms with E-state index < -0.39 is 40.3 Å². The van der Waals surface area contributed by atoms with E-state index in [1.165, 1.54) is 0 Å². The Hall–Kier alpha value is -4.56. The maximum Gasteiger partial charge on any atom is 0.246 e. The zero-order chi connectivity index (χ0) is 44.8. The number of rotatable bonds is 16. The van der Waals surface area contributed by atoms with Crippen LogP contribution < -0.4 is 20.1 Å². The van der Waals surface area contributed by atoms with Gasteiger partial charge in [0, 0.05) is 23.2 Å². The number of amides is 2. The third-order valence-electron chi connectivity index (χ3n) is 16.2. The summed E-state index contributed by atoms with van der Waals surface area (Å²) in [7, 11) is 4.08. The second-order valence-electron chi connectivity index (χ2n) is 19.3. The average molecular weight is 888 g/mol. The minimum Gasteiger partial charge on any atom is -0.504 e. The molecule has 18 heteroatoms. The molecule has 18 nitrogen and oxygen atoms in total. The normalized spacial score (nSPS) is 33.9. The molecule has 1 saturated heterocycles. The second-order valence-corrected chi connectivity index (χ2v) is 19.3. The Morgan fingerprint density at radius 1 is 0.859 bits per heavy atom. The quantitative estimate of drug-likeness (QED) is 0.110. The molecule has 0 radical (unpaired) electrons. The van der Waals surface area contributed by atoms with E-state index >= 15 is 0 Å². The number of benzene rings is 2. The van der Waals surface area contributed by atoms with Crippen molar-refractivity contribution in [1.29, 1.82) is 0 Å². The molecule has 10 atom stereocenters. The summed E-state index contributed by atoms with van der Waals surface area (Å²) in [6.45, 7) is 6.56. The van der Waals surface area contributed by atoms with Crippen LogP contribution in [-0.2, 0) is 60.6 Å². The molecule has 2 aromatic carbocycles. The Bertz CT molecular complexity index is 2310. The highest BCUT2D eigenvalue weighted by molar-refractivity contribution is 5.78. The monoisotopic (exact) mass is 887 g/mol. The smallest absolute Gasteiger partial charge is 0.246 e. The molecule has 4 heterocycles. The van der Waals surface area contributed by atoms with Crippen LogP contribution in [0.3, 0.4) is 0 Å². The molecule has 2 bridgehead atoms. The molecular formula is C46H61N7O11. The molecule has 346 valence electrons. The van der Waals surface area contributed by atoms with Gasteiger partial charge in [-0.1, -0.05) is 24.3 Å². The zero-order valence-corrected chi connectivity index (χ0v) is 37.0. The number of likely N-dealkylation sites (N-methyl/N-ethyl adjacent to an activating group) is 2. The molecule has 3 aromatic rings. The second kappa shape index (κ2) is 16.1. The van der Waals surface area contributed by atoms with Crippen LogP contribution in [0.25, 0.3) is 0 Å². The first-order valence-electron chi connectivity index (χ1n) is 22.8. The van der Waals surface area contributed by atoms with E-state index in [1.807, 2.05) is 26.1 Å². The number of carbonyl (C=O) groups is 2. The number of aromatic hydroxyl groups is 2. The minimum atomic E-state index is -1.12. The molecule has 2 saturated carbocycles. The van der Waals surface area contributed by atoms with E-state index in [2.05, 4.69) is 44.7 Å². The highest BCUT2D eigenvalue weighted by Crippen LogP contribution is 2.66. The number of nitrogens with one attached hydrogen (secondary N) is 2. The largest absolute Gasteiger partial charge is 0.504 e. The predicted octanol–water partition coefficient (Wildman–Crippen LogP) is 0.813. The van der Waals surface area contributed by atoms with Gasteiger partial charge in [0.15, 0.2) is 23.0 Å². The standard InChI is InChI=1S/C46H61N7O11/c1-5-51(3)33-20-26-6-8-31(54)39-37(26)43(2)41(63-39)29(10-12-45(33,43)58)47-36(57)25-62-23-28-22-53(50-49-28)16-17-60-18-19-61-24-35(56)48-30-11-13-46(59)34-21-27-7-9-32(55)40-38(27)44(46,42(30)64-40)14-15-52(34)4/h6-9,22,29-30,33-34,41-42,54-55,58-59H,5,10-21,23-25H2,1-4H3,(H,47,57)(H,48,56)/t29-,30-,33?,34?,41-,42-,43-,44-,45+,46+/m0/s1. The summed E-state index contributed by atoms with van der Waals surface area (Å²) in [5.74, 6) is 0.336. The first-order valence-corrected chi connectivity index (χ1v) is 22.8. The summed E-state index contributed by atoms with van der Waals surface area (Å²) in [6.07, 6.45) is 4.67. The van der Waals surface area contributed by atoms with Gasteiger partial charge in [-0.2, -0.15) is 0 Å². The SMILES string of the molecule is CCN(C)C1Cc2ccc(O)c3c2[C@@]2(C)[C@@H](O3)[C@@H](NC(=O)COCc3cn(CCOCCOCC(=O)N[C@H]4CC[C@@]5(O)C6Cc7ccc(O)c8c7[C@@]5(CCN6C)[C@H]4O8)nn3)CC[C@@]12O. The van der Waals surface area contributed by atoms with Crippen LogP contribution in [0.15, 0.2) is 30.5 Å². The van der Waals surface area contributed by atoms with Gasteiger partial charge in [0.2, 0.25) is 11.8 Å². The Kier molecular flexibility index (Phi) is 10.9. The lowest BCUT2D eigenvalue weighted by Crippen LogP contribution is -2.77. The number of phenolic OH excluding ortho intramolecular Hbond substituents is 2. The number of phenols is 2. The molecule has 1 spiro atoms. The fourth-order valence-electron chi connectivity index (χ4n) is 13.1. The molecule has 64 heavy (non-hydrogen) atoms. The van der Waals surface area contributed by atoms with Crippen molar-refractivity contribution in [2.45, 2.75) is 130 Å². The van der Waals surface area contributed by atoms with E-state index in [9.17, 15) is 30.0 Å². The average Bonchev–Trinajstić information content (AvgIpc) is 3.98. The van der Waals surface area contributed by atoms with Gasteiger partial charge in [-0.25, -0.2) is 4.68 Å². The first kappa shape index (κ1) is 43.3. The molecule has 10 rings (SSSR count). The van der Waals surface area contributed by atoms with Crippen LogP contribution in [0.4, 0.5) is 0 Å². The van der Waals surface area contributed by atoms with E-state index in [0.29, 0.717) is 75.3 Å². The number of piperidine rings is 1. The molecule has 4 aliphatic carbocycles. The molecule has 2 unspecified atom stereocenters. The predicted molar refractivity (Wildman–Crippen MR) is 228 cm³/mol. The summed E-state index contributed by atoms with van der Waals surface area (Å²) in [5.41, 5.74) is 0.731. The van der Waals surface area contributed by atoms with E-state index in [4.69, 9.17) is 23.7 Å². The number of aromatic nitrogens is 3. The number of hydrogen-bond donors (Lipinski definition) is 6. The third kappa shape index (κ3) is 6.45.